The number of amides is 1. The summed E-state index contributed by atoms with van der Waals surface area (Å²) in [5, 5.41) is 14.1. The highest BCUT2D eigenvalue weighted by atomic mass is 16.6. The maximum atomic E-state index is 12.3. The summed E-state index contributed by atoms with van der Waals surface area (Å²) in [6, 6.07) is 4.01. The van der Waals surface area contributed by atoms with Crippen molar-refractivity contribution in [2.45, 2.75) is 25.9 Å². The van der Waals surface area contributed by atoms with E-state index in [1.54, 1.807) is 4.90 Å². The fourth-order valence-electron chi connectivity index (χ4n) is 2.72. The lowest BCUT2D eigenvalue weighted by Crippen LogP contribution is -2.38. The molecular weight excluding hydrogens is 342 g/mol. The number of carbonyl (C=O) groups excluding carboxylic acids is 2. The number of rotatable bonds is 8. The van der Waals surface area contributed by atoms with E-state index in [0.717, 1.165) is 18.9 Å². The molecule has 1 aromatic rings. The number of nitro benzene ring substituents is 1. The van der Waals surface area contributed by atoms with Crippen molar-refractivity contribution in [3.05, 3.63) is 33.9 Å². The Kier molecular flexibility index (Phi) is 6.90. The van der Waals surface area contributed by atoms with Gasteiger partial charge < -0.3 is 19.7 Å². The lowest BCUT2D eigenvalue weighted by Gasteiger charge is -2.20. The topological polar surface area (TPSA) is 111 Å². The van der Waals surface area contributed by atoms with Gasteiger partial charge in [-0.2, -0.15) is 0 Å². The zero-order valence-corrected chi connectivity index (χ0v) is 14.9. The molecule has 0 bridgehead atoms. The highest BCUT2D eigenvalue weighted by Crippen LogP contribution is 2.26. The second-order valence-corrected chi connectivity index (χ2v) is 5.99. The van der Waals surface area contributed by atoms with E-state index in [2.05, 4.69) is 5.32 Å². The fraction of sp³-hybridized carbons (Fsp3) is 0.529. The Bertz CT molecular complexity index is 672. The zero-order valence-electron chi connectivity index (χ0n) is 14.9. The van der Waals surface area contributed by atoms with Crippen LogP contribution in [0, 0.1) is 10.1 Å². The number of ether oxygens (including phenoxy) is 2. The number of nitrogens with one attached hydrogen (secondary N) is 1. The number of carbonyl (C=O) groups is 2. The SMILES string of the molecule is COCCNc1ccc(C(=O)O[C@H](C)C(=O)N2CCCC2)cc1[N+](=O)[O-]. The van der Waals surface area contributed by atoms with Crippen molar-refractivity contribution in [1.29, 1.82) is 0 Å². The normalized spacial score (nSPS) is 14.8. The van der Waals surface area contributed by atoms with Crippen molar-refractivity contribution in [1.82, 2.24) is 4.90 Å². The van der Waals surface area contributed by atoms with E-state index in [4.69, 9.17) is 9.47 Å². The number of nitrogens with zero attached hydrogens (tertiary/aromatic N) is 2. The lowest BCUT2D eigenvalue weighted by molar-refractivity contribution is -0.384. The molecule has 1 aromatic carbocycles. The van der Waals surface area contributed by atoms with Crippen molar-refractivity contribution >= 4 is 23.3 Å². The average molecular weight is 365 g/mol. The van der Waals surface area contributed by atoms with Crippen LogP contribution in [0.2, 0.25) is 0 Å². The summed E-state index contributed by atoms with van der Waals surface area (Å²) >= 11 is 0. The van der Waals surface area contributed by atoms with Crippen LogP contribution in [0.4, 0.5) is 11.4 Å². The van der Waals surface area contributed by atoms with Crippen molar-refractivity contribution in [3.8, 4) is 0 Å². The summed E-state index contributed by atoms with van der Waals surface area (Å²) in [7, 11) is 1.53. The van der Waals surface area contributed by atoms with Crippen molar-refractivity contribution < 1.29 is 24.0 Å². The van der Waals surface area contributed by atoms with Gasteiger partial charge in [-0.15, -0.1) is 0 Å². The van der Waals surface area contributed by atoms with E-state index in [1.165, 1.54) is 26.2 Å². The van der Waals surface area contributed by atoms with Gasteiger partial charge in [0.15, 0.2) is 6.10 Å². The summed E-state index contributed by atoms with van der Waals surface area (Å²) in [6.07, 6.45) is 0.950. The number of esters is 1. The van der Waals surface area contributed by atoms with Crippen LogP contribution in [0.5, 0.6) is 0 Å². The molecule has 1 aliphatic heterocycles. The molecule has 1 fully saturated rings. The highest BCUT2D eigenvalue weighted by Gasteiger charge is 2.27. The first-order valence-corrected chi connectivity index (χ1v) is 8.45. The fourth-order valence-corrected chi connectivity index (χ4v) is 2.72. The molecule has 0 aromatic heterocycles. The Morgan fingerprint density at radius 3 is 2.65 bits per heavy atom. The molecular formula is C17H23N3O6. The number of anilines is 1. The summed E-state index contributed by atoms with van der Waals surface area (Å²) in [5.74, 6) is -1.01. The van der Waals surface area contributed by atoms with E-state index in [1.807, 2.05) is 0 Å². The van der Waals surface area contributed by atoms with Gasteiger partial charge >= 0.3 is 5.97 Å². The summed E-state index contributed by atoms with van der Waals surface area (Å²) < 4.78 is 10.1. The van der Waals surface area contributed by atoms with Crippen molar-refractivity contribution in [3.63, 3.8) is 0 Å². The van der Waals surface area contributed by atoms with E-state index < -0.39 is 17.0 Å². The number of benzene rings is 1. The second-order valence-electron chi connectivity index (χ2n) is 5.99. The average Bonchev–Trinajstić information content (AvgIpc) is 3.15. The van der Waals surface area contributed by atoms with Gasteiger partial charge in [-0.25, -0.2) is 4.79 Å². The molecule has 9 nitrogen and oxygen atoms in total. The summed E-state index contributed by atoms with van der Waals surface area (Å²) in [4.78, 5) is 36.8. The number of nitro groups is 1. The van der Waals surface area contributed by atoms with Gasteiger partial charge in [-0.3, -0.25) is 14.9 Å². The standard InChI is InChI=1S/C17H23N3O6/c1-12(16(21)19-8-3-4-9-19)26-17(22)13-5-6-14(18-7-10-25-2)15(11-13)20(23)24/h5-6,11-12,18H,3-4,7-10H2,1-2H3/t12-/m1/s1. The van der Waals surface area contributed by atoms with Gasteiger partial charge in [0.25, 0.3) is 11.6 Å². The first-order chi connectivity index (χ1) is 12.4. The van der Waals surface area contributed by atoms with Crippen molar-refractivity contribution in [2.24, 2.45) is 0 Å². The number of likely N-dealkylation sites (tertiary alicyclic amines) is 1. The predicted molar refractivity (Wildman–Crippen MR) is 94.2 cm³/mol. The molecule has 1 N–H and O–H groups in total. The van der Waals surface area contributed by atoms with Crippen molar-refractivity contribution in [2.75, 3.05) is 38.7 Å². The number of methoxy groups -OCH3 is 1. The number of hydrogen-bond acceptors (Lipinski definition) is 7. The smallest absolute Gasteiger partial charge is 0.339 e. The Morgan fingerprint density at radius 1 is 1.35 bits per heavy atom. The van der Waals surface area contributed by atoms with Gasteiger partial charge in [-0.05, 0) is 31.9 Å². The van der Waals surface area contributed by atoms with Crippen LogP contribution in [-0.2, 0) is 14.3 Å². The minimum atomic E-state index is -0.931. The van der Waals surface area contributed by atoms with Gasteiger partial charge in [0.1, 0.15) is 5.69 Å². The molecule has 1 atom stereocenters. The Morgan fingerprint density at radius 2 is 2.04 bits per heavy atom. The van der Waals surface area contributed by atoms with Crippen LogP contribution >= 0.6 is 0 Å². The molecule has 9 heteroatoms. The summed E-state index contributed by atoms with van der Waals surface area (Å²) in [6.45, 7) is 3.61. The molecule has 26 heavy (non-hydrogen) atoms. The minimum absolute atomic E-state index is 0.0232. The van der Waals surface area contributed by atoms with Gasteiger partial charge in [0, 0.05) is 32.8 Å². The first kappa shape index (κ1) is 19.6. The van der Waals surface area contributed by atoms with Gasteiger partial charge in [-0.1, -0.05) is 0 Å². The molecule has 0 radical (unpaired) electrons. The molecule has 142 valence electrons. The molecule has 1 heterocycles. The van der Waals surface area contributed by atoms with E-state index in [9.17, 15) is 19.7 Å². The largest absolute Gasteiger partial charge is 0.449 e. The van der Waals surface area contributed by atoms with E-state index in [-0.39, 0.29) is 22.8 Å². The van der Waals surface area contributed by atoms with Crippen LogP contribution in [0.15, 0.2) is 18.2 Å². The summed E-state index contributed by atoms with van der Waals surface area (Å²) in [5.41, 5.74) is 0.0638. The third kappa shape index (κ3) is 4.92. The quantitative estimate of drug-likeness (QED) is 0.324. The monoisotopic (exact) mass is 365 g/mol. The molecule has 2 rings (SSSR count). The minimum Gasteiger partial charge on any atom is -0.449 e. The van der Waals surface area contributed by atoms with Crippen LogP contribution in [0.1, 0.15) is 30.1 Å². The molecule has 1 aliphatic rings. The van der Waals surface area contributed by atoms with Crippen LogP contribution in [0.25, 0.3) is 0 Å². The maximum absolute atomic E-state index is 12.3. The Balaban J connectivity index is 2.06. The first-order valence-electron chi connectivity index (χ1n) is 8.45. The van der Waals surface area contributed by atoms with Crippen LogP contribution in [0.3, 0.4) is 0 Å². The molecule has 0 unspecified atom stereocenters. The zero-order chi connectivity index (χ0) is 19.1. The van der Waals surface area contributed by atoms with Crippen LogP contribution < -0.4 is 5.32 Å². The Labute approximate surface area is 151 Å². The van der Waals surface area contributed by atoms with Gasteiger partial charge in [0.2, 0.25) is 0 Å². The van der Waals surface area contributed by atoms with Crippen LogP contribution in [-0.4, -0.2) is 61.2 Å². The molecule has 0 aliphatic carbocycles. The lowest BCUT2D eigenvalue weighted by atomic mass is 10.1. The van der Waals surface area contributed by atoms with E-state index >= 15 is 0 Å². The second kappa shape index (κ2) is 9.14. The maximum Gasteiger partial charge on any atom is 0.339 e. The van der Waals surface area contributed by atoms with Gasteiger partial charge in [0.05, 0.1) is 17.1 Å². The Hall–Kier alpha value is -2.68. The third-order valence-electron chi connectivity index (χ3n) is 4.10. The predicted octanol–water partition coefficient (Wildman–Crippen LogP) is 1.82. The molecule has 1 amide bonds. The number of hydrogen-bond donors (Lipinski definition) is 1. The van der Waals surface area contributed by atoms with E-state index in [0.29, 0.717) is 26.2 Å². The molecule has 0 spiro atoms. The molecule has 0 saturated carbocycles. The third-order valence-corrected chi connectivity index (χ3v) is 4.10. The highest BCUT2D eigenvalue weighted by molar-refractivity contribution is 5.93. The molecule has 1 saturated heterocycles.